The van der Waals surface area contributed by atoms with E-state index in [1.807, 2.05) is 17.1 Å². The summed E-state index contributed by atoms with van der Waals surface area (Å²) in [5, 5.41) is 5.55. The number of allylic oxidation sites excluding steroid dienone is 1. The summed E-state index contributed by atoms with van der Waals surface area (Å²) in [4.78, 5) is 7.52. The molecule has 3 aromatic rings. The van der Waals surface area contributed by atoms with Crippen molar-refractivity contribution in [3.63, 3.8) is 0 Å². The molecule has 0 N–H and O–H groups in total. The molecule has 228 valence electrons. The van der Waals surface area contributed by atoms with Crippen LogP contribution in [0, 0.1) is 24.2 Å². The first-order valence-corrected chi connectivity index (χ1v) is 16.8. The molecule has 7 rings (SSSR count). The number of pyridine rings is 1. The molecule has 2 aromatic heterocycles. The number of aryl methyl sites for hydroxylation is 1. The Morgan fingerprint density at radius 1 is 1.02 bits per heavy atom. The van der Waals surface area contributed by atoms with Crippen molar-refractivity contribution in [1.29, 1.82) is 0 Å². The SMILES string of the molecule is C#C.C=C(C1CCCCC1)N(CC12CCC(c3ccc(CC)c(Cl)c3)(CC1)CC2)c1cc(-c2cnn(C(C)C)c2)ccn1. The van der Waals surface area contributed by atoms with Gasteiger partial charge in [0.1, 0.15) is 5.82 Å². The zero-order valence-electron chi connectivity index (χ0n) is 26.5. The van der Waals surface area contributed by atoms with E-state index in [0.29, 0.717) is 17.4 Å². The molecule has 4 fully saturated rings. The summed E-state index contributed by atoms with van der Waals surface area (Å²) < 4.78 is 2.03. The Morgan fingerprint density at radius 3 is 2.33 bits per heavy atom. The molecule has 0 spiro atoms. The topological polar surface area (TPSA) is 34.0 Å². The second kappa shape index (κ2) is 13.3. The summed E-state index contributed by atoms with van der Waals surface area (Å²) >= 11 is 6.70. The molecule has 2 heterocycles. The van der Waals surface area contributed by atoms with E-state index < -0.39 is 0 Å². The van der Waals surface area contributed by atoms with Gasteiger partial charge in [-0.05, 0) is 123 Å². The first-order valence-electron chi connectivity index (χ1n) is 16.4. The Balaban J connectivity index is 0.00000180. The van der Waals surface area contributed by atoms with E-state index in [1.54, 1.807) is 0 Å². The summed E-state index contributed by atoms with van der Waals surface area (Å²) in [6.45, 7) is 12.3. The zero-order valence-corrected chi connectivity index (χ0v) is 27.3. The maximum atomic E-state index is 6.70. The number of fused-ring (bicyclic) bond motifs is 3. The predicted molar refractivity (Wildman–Crippen MR) is 181 cm³/mol. The maximum absolute atomic E-state index is 6.70. The Morgan fingerprint density at radius 2 is 1.72 bits per heavy atom. The van der Waals surface area contributed by atoms with Crippen LogP contribution >= 0.6 is 11.6 Å². The van der Waals surface area contributed by atoms with Crippen LogP contribution in [-0.2, 0) is 11.8 Å². The van der Waals surface area contributed by atoms with Gasteiger partial charge in [0.25, 0.3) is 0 Å². The van der Waals surface area contributed by atoms with Crippen LogP contribution in [0.1, 0.15) is 109 Å². The van der Waals surface area contributed by atoms with Crippen LogP contribution in [0.2, 0.25) is 5.02 Å². The van der Waals surface area contributed by atoms with E-state index in [1.165, 1.54) is 93.0 Å². The first kappa shape index (κ1) is 31.4. The van der Waals surface area contributed by atoms with Gasteiger partial charge < -0.3 is 4.90 Å². The van der Waals surface area contributed by atoms with Crippen LogP contribution in [0.3, 0.4) is 0 Å². The standard InChI is InChI=1S/C36H47ClN4.C2H2/c1-5-28-11-12-32(22-33(28)37)36-17-14-35(15-18-36,16-19-36)25-40(27(4)29-9-7-6-8-10-29)34-21-30(13-20-38-34)31-23-39-41(24-31)26(2)3;1-2/h11-13,20-24,26,29H,4-10,14-19,25H2,1-3H3;1-2H. The normalized spacial score (nSPS) is 23.5. The molecule has 4 aliphatic rings. The summed E-state index contributed by atoms with van der Waals surface area (Å²) in [6, 6.07) is 11.7. The fourth-order valence-corrected chi connectivity index (χ4v) is 8.25. The second-order valence-electron chi connectivity index (χ2n) is 13.6. The molecule has 5 heteroatoms. The van der Waals surface area contributed by atoms with Gasteiger partial charge in [-0.15, -0.1) is 12.8 Å². The van der Waals surface area contributed by atoms with Crippen LogP contribution in [0.4, 0.5) is 5.82 Å². The highest BCUT2D eigenvalue weighted by atomic mass is 35.5. The lowest BCUT2D eigenvalue weighted by Crippen LogP contribution is -2.49. The van der Waals surface area contributed by atoms with Crippen molar-refractivity contribution in [2.45, 2.75) is 109 Å². The number of anilines is 1. The van der Waals surface area contributed by atoms with Crippen LogP contribution in [-0.4, -0.2) is 21.3 Å². The van der Waals surface area contributed by atoms with E-state index in [0.717, 1.165) is 29.4 Å². The number of nitrogens with zero attached hydrogens (tertiary/aromatic N) is 4. The van der Waals surface area contributed by atoms with E-state index in [2.05, 4.69) is 80.1 Å². The average molecular weight is 597 g/mol. The molecule has 4 aliphatic carbocycles. The molecule has 43 heavy (non-hydrogen) atoms. The largest absolute Gasteiger partial charge is 0.330 e. The second-order valence-corrected chi connectivity index (χ2v) is 14.0. The van der Waals surface area contributed by atoms with Crippen molar-refractivity contribution in [2.75, 3.05) is 11.4 Å². The molecule has 4 nitrogen and oxygen atoms in total. The van der Waals surface area contributed by atoms with Crippen molar-refractivity contribution in [3.8, 4) is 24.0 Å². The van der Waals surface area contributed by atoms with Gasteiger partial charge in [0, 0.05) is 41.3 Å². The molecule has 0 saturated heterocycles. The Bertz CT molecular complexity index is 1400. The zero-order chi connectivity index (χ0) is 30.6. The summed E-state index contributed by atoms with van der Waals surface area (Å²) in [5.74, 6) is 1.61. The van der Waals surface area contributed by atoms with Crippen molar-refractivity contribution in [1.82, 2.24) is 14.8 Å². The van der Waals surface area contributed by atoms with E-state index in [9.17, 15) is 0 Å². The fraction of sp³-hybridized carbons (Fsp3) is 0.526. The average Bonchev–Trinajstić information content (AvgIpc) is 3.57. The monoisotopic (exact) mass is 596 g/mol. The number of hydrogen-bond donors (Lipinski definition) is 0. The van der Waals surface area contributed by atoms with Gasteiger partial charge in [0.2, 0.25) is 0 Å². The minimum atomic E-state index is 0.289. The van der Waals surface area contributed by atoms with Gasteiger partial charge in [0.15, 0.2) is 0 Å². The minimum absolute atomic E-state index is 0.289. The molecule has 0 atom stereocenters. The Kier molecular flexibility index (Phi) is 9.72. The number of hydrogen-bond acceptors (Lipinski definition) is 3. The Labute approximate surface area is 264 Å². The Hall–Kier alpha value is -3.03. The lowest BCUT2D eigenvalue weighted by molar-refractivity contribution is 0.0459. The van der Waals surface area contributed by atoms with Crippen LogP contribution in [0.15, 0.2) is 61.2 Å². The molecule has 0 unspecified atom stereocenters. The quantitative estimate of drug-likeness (QED) is 0.230. The molecular formula is C38H49ClN4. The van der Waals surface area contributed by atoms with E-state index in [-0.39, 0.29) is 5.41 Å². The first-order chi connectivity index (χ1) is 20.8. The third kappa shape index (κ3) is 6.44. The molecule has 1 aromatic carbocycles. The van der Waals surface area contributed by atoms with Crippen molar-refractivity contribution < 1.29 is 0 Å². The highest BCUT2D eigenvalue weighted by molar-refractivity contribution is 6.31. The highest BCUT2D eigenvalue weighted by Crippen LogP contribution is 2.58. The molecule has 2 bridgehead atoms. The van der Waals surface area contributed by atoms with Crippen LogP contribution in [0.25, 0.3) is 11.1 Å². The smallest absolute Gasteiger partial charge is 0.133 e. The molecule has 0 radical (unpaired) electrons. The minimum Gasteiger partial charge on any atom is -0.330 e. The van der Waals surface area contributed by atoms with Gasteiger partial charge in [0.05, 0.1) is 6.20 Å². The molecule has 4 saturated carbocycles. The van der Waals surface area contributed by atoms with Gasteiger partial charge >= 0.3 is 0 Å². The van der Waals surface area contributed by atoms with Crippen molar-refractivity contribution in [2.24, 2.45) is 11.3 Å². The highest BCUT2D eigenvalue weighted by Gasteiger charge is 2.50. The number of rotatable bonds is 9. The van der Waals surface area contributed by atoms with Crippen LogP contribution in [0.5, 0.6) is 0 Å². The number of benzene rings is 1. The van der Waals surface area contributed by atoms with Gasteiger partial charge in [-0.1, -0.05) is 56.5 Å². The maximum Gasteiger partial charge on any atom is 0.133 e. The third-order valence-electron chi connectivity index (χ3n) is 10.9. The number of halogens is 1. The third-order valence-corrected chi connectivity index (χ3v) is 11.2. The molecular weight excluding hydrogens is 548 g/mol. The van der Waals surface area contributed by atoms with E-state index in [4.69, 9.17) is 23.2 Å². The van der Waals surface area contributed by atoms with Crippen molar-refractivity contribution >= 4 is 17.4 Å². The summed E-state index contributed by atoms with van der Waals surface area (Å²) in [7, 11) is 0. The van der Waals surface area contributed by atoms with Crippen LogP contribution < -0.4 is 4.90 Å². The predicted octanol–water partition coefficient (Wildman–Crippen LogP) is 10.2. The number of aromatic nitrogens is 3. The van der Waals surface area contributed by atoms with Gasteiger partial charge in [-0.2, -0.15) is 5.10 Å². The molecule has 0 amide bonds. The summed E-state index contributed by atoms with van der Waals surface area (Å²) in [6.07, 6.45) is 29.1. The summed E-state index contributed by atoms with van der Waals surface area (Å²) in [5.41, 5.74) is 6.94. The lowest BCUT2D eigenvalue weighted by Gasteiger charge is -2.55. The fourth-order valence-electron chi connectivity index (χ4n) is 7.93. The van der Waals surface area contributed by atoms with Gasteiger partial charge in [-0.3, -0.25) is 4.68 Å². The molecule has 0 aliphatic heterocycles. The number of terminal acetylenes is 1. The lowest BCUT2D eigenvalue weighted by atomic mass is 9.51. The van der Waals surface area contributed by atoms with Crippen molar-refractivity contribution in [3.05, 3.63) is 77.3 Å². The van der Waals surface area contributed by atoms with E-state index >= 15 is 0 Å². The van der Waals surface area contributed by atoms with Gasteiger partial charge in [-0.25, -0.2) is 4.98 Å².